The third-order valence-corrected chi connectivity index (χ3v) is 3.05. The average molecular weight is 214 g/mol. The number of hydrogen-bond donors (Lipinski definition) is 1. The molecule has 1 aromatic rings. The molecule has 1 aromatic carbocycles. The smallest absolute Gasteiger partial charge is 0.123 e. The molecular weight excluding hydrogens is 200 g/mol. The standard InChI is InChI=1S/C13H14N2O/c14-8-10-1-4-12(5-2-10)15-13-6-3-11(7-13)9-16/h1-2,4-5,9,11,13,15H,3,6-7H2/t11-,13+/m1/s1. The van der Waals surface area contributed by atoms with Crippen LogP contribution in [0.3, 0.4) is 0 Å². The van der Waals surface area contributed by atoms with Gasteiger partial charge >= 0.3 is 0 Å². The van der Waals surface area contributed by atoms with Gasteiger partial charge in [0.25, 0.3) is 0 Å². The lowest BCUT2D eigenvalue weighted by Crippen LogP contribution is -2.15. The number of anilines is 1. The Morgan fingerprint density at radius 1 is 1.31 bits per heavy atom. The summed E-state index contributed by atoms with van der Waals surface area (Å²) in [4.78, 5) is 10.6. The van der Waals surface area contributed by atoms with Crippen LogP contribution in [0.5, 0.6) is 0 Å². The summed E-state index contributed by atoms with van der Waals surface area (Å²) in [5.74, 6) is 0.218. The van der Waals surface area contributed by atoms with Crippen molar-refractivity contribution in [1.29, 1.82) is 5.26 Å². The van der Waals surface area contributed by atoms with Crippen molar-refractivity contribution in [2.75, 3.05) is 5.32 Å². The molecule has 0 bridgehead atoms. The summed E-state index contributed by atoms with van der Waals surface area (Å²) in [6.07, 6.45) is 4.00. The van der Waals surface area contributed by atoms with Gasteiger partial charge in [0.1, 0.15) is 6.29 Å². The largest absolute Gasteiger partial charge is 0.382 e. The summed E-state index contributed by atoms with van der Waals surface area (Å²) >= 11 is 0. The van der Waals surface area contributed by atoms with Gasteiger partial charge in [-0.1, -0.05) is 0 Å². The van der Waals surface area contributed by atoms with Crippen molar-refractivity contribution in [3.05, 3.63) is 29.8 Å². The molecule has 0 aromatic heterocycles. The highest BCUT2D eigenvalue weighted by Crippen LogP contribution is 2.26. The highest BCUT2D eigenvalue weighted by molar-refractivity contribution is 5.55. The van der Waals surface area contributed by atoms with Gasteiger partial charge in [0.2, 0.25) is 0 Å². The topological polar surface area (TPSA) is 52.9 Å². The molecule has 1 fully saturated rings. The van der Waals surface area contributed by atoms with E-state index >= 15 is 0 Å². The van der Waals surface area contributed by atoms with Crippen molar-refractivity contribution in [2.45, 2.75) is 25.3 Å². The molecule has 0 unspecified atom stereocenters. The van der Waals surface area contributed by atoms with Gasteiger partial charge < -0.3 is 10.1 Å². The first-order chi connectivity index (χ1) is 7.81. The van der Waals surface area contributed by atoms with E-state index in [1.54, 1.807) is 12.1 Å². The molecule has 3 heteroatoms. The Hall–Kier alpha value is -1.82. The Morgan fingerprint density at radius 2 is 2.06 bits per heavy atom. The van der Waals surface area contributed by atoms with Gasteiger partial charge in [0.15, 0.2) is 0 Å². The Morgan fingerprint density at radius 3 is 2.62 bits per heavy atom. The highest BCUT2D eigenvalue weighted by Gasteiger charge is 2.23. The molecule has 0 aliphatic heterocycles. The van der Waals surface area contributed by atoms with E-state index in [9.17, 15) is 4.79 Å². The minimum absolute atomic E-state index is 0.218. The van der Waals surface area contributed by atoms with Crippen LogP contribution in [0.25, 0.3) is 0 Å². The van der Waals surface area contributed by atoms with Crippen LogP contribution in [0.1, 0.15) is 24.8 Å². The molecule has 82 valence electrons. The fourth-order valence-corrected chi connectivity index (χ4v) is 2.15. The van der Waals surface area contributed by atoms with E-state index in [-0.39, 0.29) is 5.92 Å². The molecule has 16 heavy (non-hydrogen) atoms. The number of nitrogens with zero attached hydrogens (tertiary/aromatic N) is 1. The second-order valence-corrected chi connectivity index (χ2v) is 4.24. The van der Waals surface area contributed by atoms with Crippen LogP contribution in [-0.2, 0) is 4.79 Å². The fourth-order valence-electron chi connectivity index (χ4n) is 2.15. The number of aldehydes is 1. The van der Waals surface area contributed by atoms with Crippen molar-refractivity contribution in [3.8, 4) is 6.07 Å². The van der Waals surface area contributed by atoms with E-state index in [1.165, 1.54) is 0 Å². The number of benzene rings is 1. The maximum atomic E-state index is 10.6. The first-order valence-corrected chi connectivity index (χ1v) is 5.54. The summed E-state index contributed by atoms with van der Waals surface area (Å²) in [5, 5.41) is 12.1. The summed E-state index contributed by atoms with van der Waals surface area (Å²) < 4.78 is 0. The number of nitriles is 1. The van der Waals surface area contributed by atoms with Crippen LogP contribution in [0.15, 0.2) is 24.3 Å². The molecule has 3 nitrogen and oxygen atoms in total. The van der Waals surface area contributed by atoms with E-state index in [4.69, 9.17) is 5.26 Å². The predicted molar refractivity (Wildman–Crippen MR) is 62.0 cm³/mol. The molecule has 0 saturated heterocycles. The average Bonchev–Trinajstić information content (AvgIpc) is 2.78. The van der Waals surface area contributed by atoms with Gasteiger partial charge in [-0.15, -0.1) is 0 Å². The van der Waals surface area contributed by atoms with Crippen LogP contribution in [0, 0.1) is 17.2 Å². The molecule has 0 radical (unpaired) electrons. The maximum absolute atomic E-state index is 10.6. The first-order valence-electron chi connectivity index (χ1n) is 5.54. The lowest BCUT2D eigenvalue weighted by molar-refractivity contribution is -0.110. The Bertz CT molecular complexity index is 405. The number of nitrogens with one attached hydrogen (secondary N) is 1. The van der Waals surface area contributed by atoms with E-state index in [1.807, 2.05) is 12.1 Å². The number of carbonyl (C=O) groups is 1. The minimum atomic E-state index is 0.218. The Labute approximate surface area is 95.1 Å². The van der Waals surface area contributed by atoms with E-state index in [0.717, 1.165) is 31.2 Å². The first kappa shape index (κ1) is 10.7. The molecule has 2 atom stereocenters. The molecule has 0 amide bonds. The third kappa shape index (κ3) is 2.40. The van der Waals surface area contributed by atoms with Crippen LogP contribution in [0.2, 0.25) is 0 Å². The molecule has 0 spiro atoms. The van der Waals surface area contributed by atoms with Crippen molar-refractivity contribution in [2.24, 2.45) is 5.92 Å². The van der Waals surface area contributed by atoms with Gasteiger partial charge in [-0.2, -0.15) is 5.26 Å². The molecule has 1 saturated carbocycles. The van der Waals surface area contributed by atoms with Crippen molar-refractivity contribution >= 4 is 12.0 Å². The normalized spacial score (nSPS) is 23.7. The van der Waals surface area contributed by atoms with Gasteiger partial charge in [-0.25, -0.2) is 0 Å². The quantitative estimate of drug-likeness (QED) is 0.786. The number of rotatable bonds is 3. The molecule has 1 aliphatic carbocycles. The summed E-state index contributed by atoms with van der Waals surface area (Å²) in [6, 6.07) is 9.90. The van der Waals surface area contributed by atoms with Gasteiger partial charge in [0, 0.05) is 17.6 Å². The maximum Gasteiger partial charge on any atom is 0.123 e. The number of carbonyl (C=O) groups excluding carboxylic acids is 1. The lowest BCUT2D eigenvalue weighted by atomic mass is 10.1. The molecule has 0 heterocycles. The second kappa shape index (κ2) is 4.80. The molecule has 1 N–H and O–H groups in total. The van der Waals surface area contributed by atoms with Crippen LogP contribution >= 0.6 is 0 Å². The number of hydrogen-bond acceptors (Lipinski definition) is 3. The van der Waals surface area contributed by atoms with E-state index < -0.39 is 0 Å². The molecular formula is C13H14N2O. The van der Waals surface area contributed by atoms with Crippen LogP contribution < -0.4 is 5.32 Å². The minimum Gasteiger partial charge on any atom is -0.382 e. The lowest BCUT2D eigenvalue weighted by Gasteiger charge is -2.13. The molecule has 2 rings (SSSR count). The van der Waals surface area contributed by atoms with E-state index in [2.05, 4.69) is 11.4 Å². The highest BCUT2D eigenvalue weighted by atomic mass is 16.1. The predicted octanol–water partition coefficient (Wildman–Crippen LogP) is 2.34. The summed E-state index contributed by atoms with van der Waals surface area (Å²) in [7, 11) is 0. The zero-order valence-electron chi connectivity index (χ0n) is 9.02. The molecule has 1 aliphatic rings. The zero-order chi connectivity index (χ0) is 11.4. The second-order valence-electron chi connectivity index (χ2n) is 4.24. The van der Waals surface area contributed by atoms with Gasteiger partial charge in [-0.05, 0) is 43.5 Å². The summed E-state index contributed by atoms with van der Waals surface area (Å²) in [6.45, 7) is 0. The Kier molecular flexibility index (Phi) is 3.21. The zero-order valence-corrected chi connectivity index (χ0v) is 9.02. The van der Waals surface area contributed by atoms with Crippen molar-refractivity contribution in [1.82, 2.24) is 0 Å². The van der Waals surface area contributed by atoms with Crippen molar-refractivity contribution < 1.29 is 4.79 Å². The Balaban J connectivity index is 1.94. The van der Waals surface area contributed by atoms with Crippen LogP contribution in [0.4, 0.5) is 5.69 Å². The van der Waals surface area contributed by atoms with Crippen molar-refractivity contribution in [3.63, 3.8) is 0 Å². The monoisotopic (exact) mass is 214 g/mol. The summed E-state index contributed by atoms with van der Waals surface area (Å²) in [5.41, 5.74) is 1.69. The van der Waals surface area contributed by atoms with Gasteiger partial charge in [0.05, 0.1) is 11.6 Å². The van der Waals surface area contributed by atoms with Gasteiger partial charge in [-0.3, -0.25) is 0 Å². The van der Waals surface area contributed by atoms with E-state index in [0.29, 0.717) is 11.6 Å². The fraction of sp³-hybridized carbons (Fsp3) is 0.385. The SMILES string of the molecule is N#Cc1ccc(N[C@H]2CC[C@@H](C=O)C2)cc1. The third-order valence-electron chi connectivity index (χ3n) is 3.05. The van der Waals surface area contributed by atoms with Crippen LogP contribution in [-0.4, -0.2) is 12.3 Å².